The number of amides is 1. The summed E-state index contributed by atoms with van der Waals surface area (Å²) < 4.78 is 27.8. The average Bonchev–Trinajstić information content (AvgIpc) is 2.53. The van der Waals surface area contributed by atoms with Gasteiger partial charge in [0.05, 0.1) is 5.41 Å². The molecule has 1 amide bonds. The zero-order valence-corrected chi connectivity index (χ0v) is 18.5. The van der Waals surface area contributed by atoms with Crippen LogP contribution in [-0.2, 0) is 44.2 Å². The number of carbonyl (C=O) groups is 4. The highest BCUT2D eigenvalue weighted by molar-refractivity contribution is 7.86. The van der Waals surface area contributed by atoms with E-state index in [1.807, 2.05) is 0 Å². The third kappa shape index (κ3) is 4.52. The number of fused-ring (bicyclic) bond motifs is 1. The summed E-state index contributed by atoms with van der Waals surface area (Å²) in [6.07, 6.45) is 0. The zero-order chi connectivity index (χ0) is 22.3. The lowest BCUT2D eigenvalue weighted by Gasteiger charge is -2.53. The second-order valence-corrected chi connectivity index (χ2v) is 10.2. The number of hydrogen-bond donors (Lipinski definition) is 0. The van der Waals surface area contributed by atoms with E-state index in [0.29, 0.717) is 5.57 Å². The SMILES string of the molecule is CC(=O)OC(C)(C)[C@H]1C(=O)N2C(C(=O)OCOC(=O)C(C)(C)C)=C(C)CS(=O)[C@@H]12. The molecule has 1 unspecified atom stereocenters. The Morgan fingerprint density at radius 1 is 1.14 bits per heavy atom. The molecule has 3 atom stereocenters. The molecule has 0 spiro atoms. The lowest BCUT2D eigenvalue weighted by Crippen LogP contribution is -2.71. The van der Waals surface area contributed by atoms with Crippen LogP contribution in [0.4, 0.5) is 0 Å². The summed E-state index contributed by atoms with van der Waals surface area (Å²) in [5.41, 5.74) is -1.51. The number of esters is 3. The van der Waals surface area contributed by atoms with Gasteiger partial charge in [0.2, 0.25) is 12.7 Å². The molecule has 2 aliphatic rings. The minimum atomic E-state index is -1.47. The molecule has 0 aromatic heterocycles. The second kappa shape index (κ2) is 7.89. The monoisotopic (exact) mass is 429 g/mol. The maximum Gasteiger partial charge on any atom is 0.357 e. The van der Waals surface area contributed by atoms with Gasteiger partial charge in [-0.1, -0.05) is 0 Å². The van der Waals surface area contributed by atoms with Crippen molar-refractivity contribution in [3.8, 4) is 0 Å². The Morgan fingerprint density at radius 3 is 2.24 bits per heavy atom. The van der Waals surface area contributed by atoms with Gasteiger partial charge in [0, 0.05) is 23.5 Å². The first-order valence-corrected chi connectivity index (χ1v) is 10.5. The van der Waals surface area contributed by atoms with Crippen molar-refractivity contribution in [3.05, 3.63) is 11.3 Å². The van der Waals surface area contributed by atoms with Crippen LogP contribution < -0.4 is 0 Å². The highest BCUT2D eigenvalue weighted by Crippen LogP contribution is 2.44. The summed E-state index contributed by atoms with van der Waals surface area (Å²) in [6, 6.07) is 0. The van der Waals surface area contributed by atoms with Crippen molar-refractivity contribution in [2.75, 3.05) is 12.5 Å². The van der Waals surface area contributed by atoms with Gasteiger partial charge in [-0.2, -0.15) is 0 Å². The van der Waals surface area contributed by atoms with Gasteiger partial charge >= 0.3 is 17.9 Å². The molecule has 1 fully saturated rings. The molecule has 2 aliphatic heterocycles. The van der Waals surface area contributed by atoms with Crippen molar-refractivity contribution in [1.29, 1.82) is 0 Å². The summed E-state index contributed by atoms with van der Waals surface area (Å²) in [4.78, 5) is 49.7. The molecule has 10 heteroatoms. The third-order valence-corrected chi connectivity index (χ3v) is 6.40. The molecule has 0 bridgehead atoms. The van der Waals surface area contributed by atoms with Crippen molar-refractivity contribution in [2.45, 2.75) is 59.4 Å². The van der Waals surface area contributed by atoms with E-state index in [9.17, 15) is 23.4 Å². The molecule has 2 rings (SSSR count). The maximum absolute atomic E-state index is 12.8. The summed E-state index contributed by atoms with van der Waals surface area (Å²) in [7, 11) is -1.47. The van der Waals surface area contributed by atoms with Crippen molar-refractivity contribution in [3.63, 3.8) is 0 Å². The van der Waals surface area contributed by atoms with Crippen LogP contribution in [0.5, 0.6) is 0 Å². The Kier molecular flexibility index (Phi) is 6.27. The first-order chi connectivity index (χ1) is 13.2. The van der Waals surface area contributed by atoms with E-state index in [2.05, 4.69) is 0 Å². The van der Waals surface area contributed by atoms with Gasteiger partial charge < -0.3 is 14.2 Å². The van der Waals surface area contributed by atoms with E-state index >= 15 is 0 Å². The molecule has 29 heavy (non-hydrogen) atoms. The minimum absolute atomic E-state index is 0.0127. The molecule has 0 saturated carbocycles. The fraction of sp³-hybridized carbons (Fsp3) is 0.684. The van der Waals surface area contributed by atoms with Crippen molar-refractivity contribution in [1.82, 2.24) is 4.90 Å². The van der Waals surface area contributed by atoms with Gasteiger partial charge in [0.15, 0.2) is 0 Å². The Bertz CT molecular complexity index is 808. The van der Waals surface area contributed by atoms with Crippen LogP contribution in [-0.4, -0.2) is 56.4 Å². The van der Waals surface area contributed by atoms with Crippen molar-refractivity contribution < 1.29 is 37.6 Å². The Morgan fingerprint density at radius 2 is 1.72 bits per heavy atom. The predicted octanol–water partition coefficient (Wildman–Crippen LogP) is 1.24. The lowest BCUT2D eigenvalue weighted by atomic mass is 9.81. The molecule has 0 aromatic rings. The topological polar surface area (TPSA) is 116 Å². The number of ether oxygens (including phenoxy) is 3. The predicted molar refractivity (Wildman–Crippen MR) is 102 cm³/mol. The number of nitrogens with zero attached hydrogens (tertiary/aromatic N) is 1. The number of rotatable bonds is 5. The van der Waals surface area contributed by atoms with Gasteiger partial charge in [-0.15, -0.1) is 0 Å². The highest BCUT2D eigenvalue weighted by atomic mass is 32.2. The number of carbonyl (C=O) groups excluding carboxylic acids is 4. The third-order valence-electron chi connectivity index (χ3n) is 4.66. The van der Waals surface area contributed by atoms with Crippen LogP contribution in [0.25, 0.3) is 0 Å². The van der Waals surface area contributed by atoms with Crippen LogP contribution in [0.1, 0.15) is 48.5 Å². The average molecular weight is 429 g/mol. The fourth-order valence-corrected chi connectivity index (χ4v) is 5.24. The summed E-state index contributed by atoms with van der Waals surface area (Å²) in [5.74, 6) is -3.19. The van der Waals surface area contributed by atoms with Gasteiger partial charge in [-0.05, 0) is 47.1 Å². The van der Waals surface area contributed by atoms with Crippen LogP contribution in [0.3, 0.4) is 0 Å². The molecular weight excluding hydrogens is 402 g/mol. The molecular formula is C19H27NO8S. The standard InChI is InChI=1S/C19H27NO8S/c1-10-8-29(25)15-12(19(6,7)28-11(2)21)14(22)20(15)13(10)16(23)26-9-27-17(24)18(3,4)5/h12,15H,8-9H2,1-7H3/t12-,15-,29?/m0/s1. The van der Waals surface area contributed by atoms with E-state index in [1.165, 1.54) is 6.92 Å². The molecule has 162 valence electrons. The molecule has 9 nitrogen and oxygen atoms in total. The van der Waals surface area contributed by atoms with Gasteiger partial charge in [-0.3, -0.25) is 23.5 Å². The molecule has 2 heterocycles. The van der Waals surface area contributed by atoms with Crippen LogP contribution >= 0.6 is 0 Å². The summed E-state index contributed by atoms with van der Waals surface area (Å²) in [5, 5.41) is -0.805. The largest absolute Gasteiger partial charge is 0.459 e. The first-order valence-electron chi connectivity index (χ1n) is 9.12. The summed E-state index contributed by atoms with van der Waals surface area (Å²) in [6.45, 7) is 10.3. The highest BCUT2D eigenvalue weighted by Gasteiger charge is 2.62. The number of hydrogen-bond acceptors (Lipinski definition) is 8. The smallest absolute Gasteiger partial charge is 0.357 e. The van der Waals surface area contributed by atoms with Gasteiger partial charge in [-0.25, -0.2) is 4.79 Å². The van der Waals surface area contributed by atoms with E-state index in [-0.39, 0.29) is 11.4 Å². The Hall–Kier alpha value is -2.23. The van der Waals surface area contributed by atoms with E-state index in [4.69, 9.17) is 14.2 Å². The number of β-lactam (4-membered cyclic amide) rings is 1. The lowest BCUT2D eigenvalue weighted by molar-refractivity contribution is -0.182. The molecule has 0 aliphatic carbocycles. The van der Waals surface area contributed by atoms with E-state index in [0.717, 1.165) is 4.90 Å². The van der Waals surface area contributed by atoms with Crippen LogP contribution in [0, 0.1) is 11.3 Å². The maximum atomic E-state index is 12.8. The molecule has 1 saturated heterocycles. The second-order valence-electron chi connectivity index (χ2n) is 8.66. The van der Waals surface area contributed by atoms with E-state index < -0.39 is 63.7 Å². The first kappa shape index (κ1) is 23.1. The van der Waals surface area contributed by atoms with Crippen molar-refractivity contribution in [2.24, 2.45) is 11.3 Å². The fourth-order valence-electron chi connectivity index (χ4n) is 3.31. The van der Waals surface area contributed by atoms with Gasteiger partial charge in [0.25, 0.3) is 0 Å². The summed E-state index contributed by atoms with van der Waals surface area (Å²) >= 11 is 0. The Labute approximate surface area is 172 Å². The normalized spacial score (nSPS) is 24.4. The van der Waals surface area contributed by atoms with E-state index in [1.54, 1.807) is 41.5 Å². The molecule has 0 radical (unpaired) electrons. The zero-order valence-electron chi connectivity index (χ0n) is 17.7. The molecule has 0 aromatic carbocycles. The van der Waals surface area contributed by atoms with Crippen LogP contribution in [0.2, 0.25) is 0 Å². The molecule has 0 N–H and O–H groups in total. The minimum Gasteiger partial charge on any atom is -0.459 e. The Balaban J connectivity index is 2.16. The van der Waals surface area contributed by atoms with Crippen LogP contribution in [0.15, 0.2) is 11.3 Å². The quantitative estimate of drug-likeness (QED) is 0.364. The van der Waals surface area contributed by atoms with Gasteiger partial charge in [0.1, 0.15) is 22.6 Å². The van der Waals surface area contributed by atoms with Crippen molar-refractivity contribution >= 4 is 34.6 Å².